The molecule has 0 aliphatic heterocycles. The normalized spacial score (nSPS) is 10.1. The number of methoxy groups -OCH3 is 1. The Morgan fingerprint density at radius 2 is 2.19 bits per heavy atom. The fraction of sp³-hybridized carbons (Fsp3) is 0.231. The molecule has 8 heteroatoms. The third-order valence-corrected chi connectivity index (χ3v) is 3.48. The number of hydrogen-bond acceptors (Lipinski definition) is 6. The molecule has 110 valence electrons. The van der Waals surface area contributed by atoms with E-state index in [0.29, 0.717) is 5.69 Å². The third kappa shape index (κ3) is 3.99. The van der Waals surface area contributed by atoms with Crippen LogP contribution < -0.4 is 10.9 Å². The largest absolute Gasteiger partial charge is 0.468 e. The van der Waals surface area contributed by atoms with E-state index in [-0.39, 0.29) is 18.6 Å². The van der Waals surface area contributed by atoms with E-state index < -0.39 is 11.9 Å². The topological polar surface area (TPSA) is 90.3 Å². The summed E-state index contributed by atoms with van der Waals surface area (Å²) in [5.41, 5.74) is 0.230. The molecule has 2 rings (SSSR count). The van der Waals surface area contributed by atoms with E-state index in [2.05, 4.69) is 15.2 Å². The zero-order valence-corrected chi connectivity index (χ0v) is 12.1. The van der Waals surface area contributed by atoms with E-state index in [4.69, 9.17) is 0 Å². The molecule has 7 nitrogen and oxygen atoms in total. The van der Waals surface area contributed by atoms with Gasteiger partial charge in [0.25, 0.3) is 5.56 Å². The summed E-state index contributed by atoms with van der Waals surface area (Å²) in [5, 5.41) is 8.39. The summed E-state index contributed by atoms with van der Waals surface area (Å²) in [5.74, 6) is -1.05. The molecule has 0 radical (unpaired) electrons. The molecule has 0 unspecified atom stereocenters. The van der Waals surface area contributed by atoms with E-state index in [0.717, 1.165) is 9.56 Å². The first-order valence-corrected chi connectivity index (χ1v) is 6.93. The van der Waals surface area contributed by atoms with Gasteiger partial charge in [-0.3, -0.25) is 14.4 Å². The van der Waals surface area contributed by atoms with Gasteiger partial charge in [-0.1, -0.05) is 6.07 Å². The van der Waals surface area contributed by atoms with Crippen molar-refractivity contribution >= 4 is 23.2 Å². The molecule has 0 aliphatic rings. The van der Waals surface area contributed by atoms with Gasteiger partial charge in [0.1, 0.15) is 18.8 Å². The summed E-state index contributed by atoms with van der Waals surface area (Å²) < 4.78 is 5.46. The van der Waals surface area contributed by atoms with E-state index in [1.54, 1.807) is 6.07 Å². The molecule has 1 amide bonds. The fourth-order valence-electron chi connectivity index (χ4n) is 1.55. The van der Waals surface area contributed by atoms with Gasteiger partial charge in [-0.2, -0.15) is 5.10 Å². The van der Waals surface area contributed by atoms with Crippen molar-refractivity contribution in [3.8, 4) is 10.6 Å². The van der Waals surface area contributed by atoms with Gasteiger partial charge < -0.3 is 10.1 Å². The number of carbonyl (C=O) groups excluding carboxylic acids is 2. The number of aromatic nitrogens is 2. The van der Waals surface area contributed by atoms with Gasteiger partial charge in [-0.05, 0) is 17.5 Å². The SMILES string of the molecule is COC(=O)CNC(=O)Cn1nc(-c2cccs2)ccc1=O. The predicted molar refractivity (Wildman–Crippen MR) is 76.8 cm³/mol. The van der Waals surface area contributed by atoms with Gasteiger partial charge in [-0.15, -0.1) is 11.3 Å². The first-order valence-electron chi connectivity index (χ1n) is 6.05. The van der Waals surface area contributed by atoms with Crippen LogP contribution in [0.25, 0.3) is 10.6 Å². The zero-order valence-electron chi connectivity index (χ0n) is 11.2. The van der Waals surface area contributed by atoms with Gasteiger partial charge in [0.05, 0.1) is 12.0 Å². The minimum atomic E-state index is -0.559. The van der Waals surface area contributed by atoms with Crippen LogP contribution in [-0.4, -0.2) is 35.3 Å². The Balaban J connectivity index is 2.09. The average Bonchev–Trinajstić information content (AvgIpc) is 3.01. The smallest absolute Gasteiger partial charge is 0.325 e. The van der Waals surface area contributed by atoms with Crippen molar-refractivity contribution in [3.63, 3.8) is 0 Å². The standard InChI is InChI=1S/C13H13N3O4S/c1-20-13(19)7-14-11(17)8-16-12(18)5-4-9(15-16)10-3-2-6-21-10/h2-6H,7-8H2,1H3,(H,14,17). The lowest BCUT2D eigenvalue weighted by Gasteiger charge is -2.06. The highest BCUT2D eigenvalue weighted by atomic mass is 32.1. The Morgan fingerprint density at radius 1 is 1.38 bits per heavy atom. The number of thiophene rings is 1. The Labute approximate surface area is 124 Å². The quantitative estimate of drug-likeness (QED) is 0.800. The molecular weight excluding hydrogens is 294 g/mol. The molecule has 0 bridgehead atoms. The molecule has 0 fully saturated rings. The zero-order chi connectivity index (χ0) is 15.2. The summed E-state index contributed by atoms with van der Waals surface area (Å²) in [7, 11) is 1.23. The van der Waals surface area contributed by atoms with Gasteiger partial charge in [0, 0.05) is 6.07 Å². The van der Waals surface area contributed by atoms with Crippen molar-refractivity contribution in [1.29, 1.82) is 0 Å². The van der Waals surface area contributed by atoms with Gasteiger partial charge in [0.2, 0.25) is 5.91 Å². The maximum atomic E-state index is 11.7. The van der Waals surface area contributed by atoms with E-state index in [1.807, 2.05) is 17.5 Å². The Hall–Kier alpha value is -2.48. The van der Waals surface area contributed by atoms with Crippen LogP contribution >= 0.6 is 11.3 Å². The summed E-state index contributed by atoms with van der Waals surface area (Å²) in [6, 6.07) is 6.71. The minimum Gasteiger partial charge on any atom is -0.468 e. The highest BCUT2D eigenvalue weighted by molar-refractivity contribution is 7.13. The van der Waals surface area contributed by atoms with Crippen LogP contribution in [0.1, 0.15) is 0 Å². The van der Waals surface area contributed by atoms with Gasteiger partial charge >= 0.3 is 5.97 Å². The lowest BCUT2D eigenvalue weighted by atomic mass is 10.3. The first kappa shape index (κ1) is 14.9. The Bertz CT molecular complexity index is 694. The van der Waals surface area contributed by atoms with Crippen LogP contribution in [0.2, 0.25) is 0 Å². The molecule has 0 spiro atoms. The number of rotatable bonds is 5. The summed E-state index contributed by atoms with van der Waals surface area (Å²) in [6.45, 7) is -0.496. The van der Waals surface area contributed by atoms with Crippen LogP contribution in [0.4, 0.5) is 0 Å². The number of amides is 1. The molecule has 1 N–H and O–H groups in total. The van der Waals surface area contributed by atoms with Crippen LogP contribution in [0.3, 0.4) is 0 Å². The molecule has 0 aromatic carbocycles. The van der Waals surface area contributed by atoms with Crippen molar-refractivity contribution in [2.24, 2.45) is 0 Å². The summed E-state index contributed by atoms with van der Waals surface area (Å²) >= 11 is 1.49. The number of nitrogens with zero attached hydrogens (tertiary/aromatic N) is 2. The van der Waals surface area contributed by atoms with Crippen molar-refractivity contribution in [2.75, 3.05) is 13.7 Å². The Morgan fingerprint density at radius 3 is 2.86 bits per heavy atom. The second-order valence-electron chi connectivity index (χ2n) is 4.04. The minimum absolute atomic E-state index is 0.241. The van der Waals surface area contributed by atoms with Crippen LogP contribution in [-0.2, 0) is 20.9 Å². The number of hydrogen-bond donors (Lipinski definition) is 1. The molecule has 0 saturated heterocycles. The number of nitrogens with one attached hydrogen (secondary N) is 1. The molecule has 2 aromatic rings. The molecule has 0 atom stereocenters. The average molecular weight is 307 g/mol. The third-order valence-electron chi connectivity index (χ3n) is 2.59. The highest BCUT2D eigenvalue weighted by Gasteiger charge is 2.09. The number of esters is 1. The highest BCUT2D eigenvalue weighted by Crippen LogP contribution is 2.20. The van der Waals surface area contributed by atoms with Crippen LogP contribution in [0.5, 0.6) is 0 Å². The van der Waals surface area contributed by atoms with Crippen LogP contribution in [0.15, 0.2) is 34.4 Å². The lowest BCUT2D eigenvalue weighted by molar-refractivity contribution is -0.141. The first-order chi connectivity index (χ1) is 10.1. The van der Waals surface area contributed by atoms with Crippen molar-refractivity contribution in [1.82, 2.24) is 15.1 Å². The predicted octanol–water partition coefficient (Wildman–Crippen LogP) is 0.261. The molecule has 2 aromatic heterocycles. The number of ether oxygens (including phenoxy) is 1. The maximum Gasteiger partial charge on any atom is 0.325 e. The maximum absolute atomic E-state index is 11.7. The summed E-state index contributed by atoms with van der Waals surface area (Å²) in [4.78, 5) is 35.2. The summed E-state index contributed by atoms with van der Waals surface area (Å²) in [6.07, 6.45) is 0. The fourth-order valence-corrected chi connectivity index (χ4v) is 2.24. The molecule has 2 heterocycles. The molecule has 21 heavy (non-hydrogen) atoms. The van der Waals surface area contributed by atoms with E-state index in [1.165, 1.54) is 24.5 Å². The second kappa shape index (κ2) is 6.80. The van der Waals surface area contributed by atoms with Crippen molar-refractivity contribution in [3.05, 3.63) is 40.0 Å². The van der Waals surface area contributed by atoms with Gasteiger partial charge in [-0.25, -0.2) is 4.68 Å². The van der Waals surface area contributed by atoms with Crippen molar-refractivity contribution < 1.29 is 14.3 Å². The lowest BCUT2D eigenvalue weighted by Crippen LogP contribution is -2.36. The van der Waals surface area contributed by atoms with E-state index >= 15 is 0 Å². The van der Waals surface area contributed by atoms with Gasteiger partial charge in [0.15, 0.2) is 0 Å². The second-order valence-corrected chi connectivity index (χ2v) is 4.99. The van der Waals surface area contributed by atoms with Crippen molar-refractivity contribution in [2.45, 2.75) is 6.54 Å². The monoisotopic (exact) mass is 307 g/mol. The molecule has 0 saturated carbocycles. The Kier molecular flexibility index (Phi) is 4.83. The van der Waals surface area contributed by atoms with Crippen LogP contribution in [0, 0.1) is 0 Å². The molecule has 0 aliphatic carbocycles. The van der Waals surface area contributed by atoms with E-state index in [9.17, 15) is 14.4 Å². The number of carbonyl (C=O) groups is 2. The molecular formula is C13H13N3O4S.